The fourth-order valence-corrected chi connectivity index (χ4v) is 1.65. The Bertz CT molecular complexity index is 173. The normalized spacial score (nSPS) is 14.7. The van der Waals surface area contributed by atoms with Crippen molar-refractivity contribution in [1.29, 1.82) is 0 Å². The van der Waals surface area contributed by atoms with Gasteiger partial charge in [-0.1, -0.05) is 20.8 Å². The minimum Gasteiger partial charge on any atom is -0.320 e. The summed E-state index contributed by atoms with van der Waals surface area (Å²) in [5, 5.41) is 0. The first-order chi connectivity index (χ1) is 5.86. The summed E-state index contributed by atoms with van der Waals surface area (Å²) in [6.45, 7) is 9.22. The zero-order valence-electron chi connectivity index (χ0n) is 9.92. The maximum atomic E-state index is 11.9. The number of ketones is 1. The number of hydrogen-bond donors (Lipinski definition) is 0. The van der Waals surface area contributed by atoms with Crippen LogP contribution in [-0.4, -0.2) is 36.9 Å². The highest BCUT2D eigenvalue weighted by Gasteiger charge is 2.32. The van der Waals surface area contributed by atoms with E-state index in [0.717, 1.165) is 17.4 Å². The summed E-state index contributed by atoms with van der Waals surface area (Å²) in [4.78, 5) is 11.9. The summed E-state index contributed by atoms with van der Waals surface area (Å²) in [5.41, 5.74) is 0. The lowest BCUT2D eigenvalue weighted by molar-refractivity contribution is -0.904. The van der Waals surface area contributed by atoms with Crippen LogP contribution in [0.2, 0.25) is 0 Å². The molecule has 0 spiro atoms. The van der Waals surface area contributed by atoms with Crippen LogP contribution in [0.25, 0.3) is 0 Å². The number of nitrogens with zero attached hydrogens (tertiary/aromatic N) is 1. The van der Waals surface area contributed by atoms with Crippen LogP contribution < -0.4 is 0 Å². The molecule has 0 unspecified atom stereocenters. The Hall–Kier alpha value is -0.370. The lowest BCUT2D eigenvalue weighted by Gasteiger charge is -2.36. The van der Waals surface area contributed by atoms with E-state index >= 15 is 0 Å². The highest BCUT2D eigenvalue weighted by atomic mass is 16.1. The molecule has 0 aromatic carbocycles. The second-order valence-corrected chi connectivity index (χ2v) is 4.58. The molecule has 0 heterocycles. The van der Waals surface area contributed by atoms with Gasteiger partial charge in [0.15, 0.2) is 5.78 Å². The third-order valence-electron chi connectivity index (χ3n) is 2.94. The van der Waals surface area contributed by atoms with E-state index in [1.807, 2.05) is 13.8 Å². The number of rotatable bonds is 5. The van der Waals surface area contributed by atoms with Crippen LogP contribution in [0, 0.1) is 5.92 Å². The molecule has 0 rings (SSSR count). The van der Waals surface area contributed by atoms with E-state index < -0.39 is 0 Å². The van der Waals surface area contributed by atoms with Crippen molar-refractivity contribution in [3.8, 4) is 0 Å². The molecule has 13 heavy (non-hydrogen) atoms. The quantitative estimate of drug-likeness (QED) is 0.601. The molecule has 0 fully saturated rings. The maximum absolute atomic E-state index is 11.9. The summed E-state index contributed by atoms with van der Waals surface area (Å²) in [6.07, 6.45) is 0.942. The number of carbonyl (C=O) groups excluding carboxylic acids is 1. The van der Waals surface area contributed by atoms with Crippen LogP contribution in [0.15, 0.2) is 0 Å². The van der Waals surface area contributed by atoms with Crippen LogP contribution in [0.4, 0.5) is 0 Å². The van der Waals surface area contributed by atoms with Gasteiger partial charge in [-0.05, 0) is 6.92 Å². The topological polar surface area (TPSA) is 17.1 Å². The van der Waals surface area contributed by atoms with Gasteiger partial charge in [0.1, 0.15) is 6.04 Å². The molecule has 0 aromatic heterocycles. The standard InChI is InChI=1S/C11H24NO/c1-7-10(11(13)9(3)4)12(5,6)8-2/h9-10H,7-8H2,1-6H3/q+1/t10-/m0/s1. The molecule has 0 aliphatic carbocycles. The molecule has 0 saturated carbocycles. The van der Waals surface area contributed by atoms with Crippen LogP contribution in [0.1, 0.15) is 34.1 Å². The van der Waals surface area contributed by atoms with Crippen molar-refractivity contribution in [3.05, 3.63) is 0 Å². The van der Waals surface area contributed by atoms with E-state index in [9.17, 15) is 4.79 Å². The second kappa shape index (κ2) is 4.75. The summed E-state index contributed by atoms with van der Waals surface area (Å²) in [6, 6.07) is 0.171. The Morgan fingerprint density at radius 1 is 1.23 bits per heavy atom. The third-order valence-corrected chi connectivity index (χ3v) is 2.94. The predicted octanol–water partition coefficient (Wildman–Crippen LogP) is 2.09. The van der Waals surface area contributed by atoms with Gasteiger partial charge in [-0.3, -0.25) is 4.79 Å². The summed E-state index contributed by atoms with van der Waals surface area (Å²) < 4.78 is 0.813. The molecule has 0 aliphatic rings. The van der Waals surface area contributed by atoms with E-state index in [1.54, 1.807) is 0 Å². The lowest BCUT2D eigenvalue weighted by Crippen LogP contribution is -2.53. The lowest BCUT2D eigenvalue weighted by atomic mass is 9.97. The van der Waals surface area contributed by atoms with Gasteiger partial charge in [-0.2, -0.15) is 0 Å². The van der Waals surface area contributed by atoms with Crippen LogP contribution in [-0.2, 0) is 4.79 Å². The second-order valence-electron chi connectivity index (χ2n) is 4.58. The Labute approximate surface area is 82.5 Å². The van der Waals surface area contributed by atoms with Crippen molar-refractivity contribution in [2.45, 2.75) is 40.2 Å². The molecular weight excluding hydrogens is 162 g/mol. The SMILES string of the molecule is CC[C@@H](C(=O)C(C)C)[N+](C)(C)CC. The number of Topliss-reactive ketones (excluding diaryl/α,β-unsaturated/α-hetero) is 1. The van der Waals surface area contributed by atoms with Crippen molar-refractivity contribution in [2.75, 3.05) is 20.6 Å². The first-order valence-electron chi connectivity index (χ1n) is 5.23. The fraction of sp³-hybridized carbons (Fsp3) is 0.909. The first-order valence-corrected chi connectivity index (χ1v) is 5.23. The molecule has 0 aromatic rings. The maximum Gasteiger partial charge on any atom is 0.192 e. The largest absolute Gasteiger partial charge is 0.320 e. The van der Waals surface area contributed by atoms with Crippen LogP contribution in [0.5, 0.6) is 0 Å². The van der Waals surface area contributed by atoms with E-state index in [0.29, 0.717) is 5.78 Å². The monoisotopic (exact) mass is 186 g/mol. The zero-order valence-corrected chi connectivity index (χ0v) is 9.92. The highest BCUT2D eigenvalue weighted by molar-refractivity contribution is 5.84. The zero-order chi connectivity index (χ0) is 10.6. The molecule has 2 heteroatoms. The van der Waals surface area contributed by atoms with Gasteiger partial charge < -0.3 is 4.48 Å². The highest BCUT2D eigenvalue weighted by Crippen LogP contribution is 2.15. The van der Waals surface area contributed by atoms with E-state index in [2.05, 4.69) is 27.9 Å². The molecule has 2 nitrogen and oxygen atoms in total. The van der Waals surface area contributed by atoms with Gasteiger partial charge in [-0.25, -0.2) is 0 Å². The summed E-state index contributed by atoms with van der Waals surface area (Å²) in [7, 11) is 4.27. The van der Waals surface area contributed by atoms with Crippen LogP contribution in [0.3, 0.4) is 0 Å². The Morgan fingerprint density at radius 3 is 1.92 bits per heavy atom. The Balaban J connectivity index is 4.60. The minimum absolute atomic E-state index is 0.161. The molecule has 0 aliphatic heterocycles. The average molecular weight is 186 g/mol. The van der Waals surface area contributed by atoms with Crippen molar-refractivity contribution in [2.24, 2.45) is 5.92 Å². The Morgan fingerprint density at radius 2 is 1.69 bits per heavy atom. The van der Waals surface area contributed by atoms with Gasteiger partial charge in [0.05, 0.1) is 20.6 Å². The third kappa shape index (κ3) is 3.11. The van der Waals surface area contributed by atoms with Gasteiger partial charge in [0.2, 0.25) is 0 Å². The minimum atomic E-state index is 0.161. The first kappa shape index (κ1) is 12.6. The molecule has 0 amide bonds. The van der Waals surface area contributed by atoms with Crippen LogP contribution >= 0.6 is 0 Å². The van der Waals surface area contributed by atoms with E-state index in [-0.39, 0.29) is 12.0 Å². The molecule has 0 N–H and O–H groups in total. The average Bonchev–Trinajstić information content (AvgIpc) is 2.05. The van der Waals surface area contributed by atoms with Gasteiger partial charge in [-0.15, -0.1) is 0 Å². The Kier molecular flexibility index (Phi) is 4.62. The molecule has 78 valence electrons. The number of quaternary nitrogens is 1. The van der Waals surface area contributed by atoms with Crippen molar-refractivity contribution in [1.82, 2.24) is 0 Å². The predicted molar refractivity (Wildman–Crippen MR) is 56.6 cm³/mol. The number of carbonyl (C=O) groups is 1. The summed E-state index contributed by atoms with van der Waals surface area (Å²) in [5.74, 6) is 0.559. The van der Waals surface area contributed by atoms with Crippen molar-refractivity contribution >= 4 is 5.78 Å². The van der Waals surface area contributed by atoms with Gasteiger partial charge in [0.25, 0.3) is 0 Å². The van der Waals surface area contributed by atoms with Gasteiger partial charge >= 0.3 is 0 Å². The van der Waals surface area contributed by atoms with Crippen molar-refractivity contribution < 1.29 is 9.28 Å². The smallest absolute Gasteiger partial charge is 0.192 e. The van der Waals surface area contributed by atoms with E-state index in [4.69, 9.17) is 0 Å². The molecule has 1 atom stereocenters. The van der Waals surface area contributed by atoms with Gasteiger partial charge in [0, 0.05) is 12.3 Å². The molecular formula is C11H24NO+. The van der Waals surface area contributed by atoms with E-state index in [1.165, 1.54) is 0 Å². The molecule has 0 saturated heterocycles. The molecule has 0 bridgehead atoms. The number of hydrogen-bond acceptors (Lipinski definition) is 1. The van der Waals surface area contributed by atoms with Crippen molar-refractivity contribution in [3.63, 3.8) is 0 Å². The summed E-state index contributed by atoms with van der Waals surface area (Å²) >= 11 is 0. The number of likely N-dealkylation sites (N-methyl/N-ethyl adjacent to an activating group) is 1. The fourth-order valence-electron chi connectivity index (χ4n) is 1.65. The molecule has 0 radical (unpaired) electrons.